The molecule has 1 aliphatic heterocycles. The Morgan fingerprint density at radius 2 is 1.78 bits per heavy atom. The molecule has 0 aliphatic carbocycles. The number of Topliss-reactive ketones (excluding diaryl/α,β-unsaturated/α-hetero) is 1. The molecule has 170 valence electrons. The van der Waals surface area contributed by atoms with E-state index in [4.69, 9.17) is 4.74 Å². The molecule has 3 rings (SSSR count). The lowest BCUT2D eigenvalue weighted by atomic mass is 10.1. The number of ether oxygens (including phenoxy) is 1. The number of ketones is 1. The monoisotopic (exact) mass is 439 g/mol. The topological polar surface area (TPSA) is 114 Å². The lowest BCUT2D eigenvalue weighted by molar-refractivity contribution is 0.0206. The van der Waals surface area contributed by atoms with Crippen LogP contribution in [0, 0.1) is 0 Å². The quantitative estimate of drug-likeness (QED) is 0.682. The predicted octanol–water partition coefficient (Wildman–Crippen LogP) is 3.74. The molecule has 1 aromatic carbocycles. The third kappa shape index (κ3) is 6.03. The number of benzene rings is 1. The molecule has 2 N–H and O–H groups in total. The molecule has 1 unspecified atom stereocenters. The Morgan fingerprint density at radius 3 is 2.44 bits per heavy atom. The van der Waals surface area contributed by atoms with Crippen LogP contribution >= 0.6 is 0 Å². The molecule has 2 amide bonds. The first-order valence-corrected chi connectivity index (χ1v) is 10.6. The summed E-state index contributed by atoms with van der Waals surface area (Å²) < 4.78 is 5.47. The molecule has 1 fully saturated rings. The zero-order chi connectivity index (χ0) is 23.3. The molecule has 32 heavy (non-hydrogen) atoms. The van der Waals surface area contributed by atoms with E-state index in [9.17, 15) is 14.4 Å². The van der Waals surface area contributed by atoms with Crippen LogP contribution in [-0.4, -0.2) is 57.4 Å². The van der Waals surface area contributed by atoms with Gasteiger partial charge in [-0.15, -0.1) is 0 Å². The highest BCUT2D eigenvalue weighted by Gasteiger charge is 2.29. The van der Waals surface area contributed by atoms with Crippen LogP contribution in [0.2, 0.25) is 0 Å². The largest absolute Gasteiger partial charge is 0.444 e. The average Bonchev–Trinajstić information content (AvgIpc) is 2.73. The fourth-order valence-corrected chi connectivity index (χ4v) is 3.47. The minimum Gasteiger partial charge on any atom is -0.444 e. The molecule has 1 aromatic heterocycles. The molecule has 9 nitrogen and oxygen atoms in total. The van der Waals surface area contributed by atoms with E-state index in [2.05, 4.69) is 20.6 Å². The van der Waals surface area contributed by atoms with Crippen LogP contribution in [0.25, 0.3) is 0 Å². The standard InChI is InChI=1S/C23H29N5O4/c1-15(29)18-19(24-14-25-20(18)27-21(30)16-9-6-5-7-10-16)26-17-11-8-12-28(13-17)22(31)32-23(2,3)4/h5-7,9-10,14,17H,8,11-13H2,1-4H3,(H2,24,25,26,27,30). The molecule has 0 spiro atoms. The highest BCUT2D eigenvalue weighted by Crippen LogP contribution is 2.24. The normalized spacial score (nSPS) is 16.2. The van der Waals surface area contributed by atoms with Gasteiger partial charge >= 0.3 is 6.09 Å². The van der Waals surface area contributed by atoms with E-state index < -0.39 is 5.60 Å². The molecule has 0 bridgehead atoms. The van der Waals surface area contributed by atoms with Crippen LogP contribution < -0.4 is 10.6 Å². The third-order valence-electron chi connectivity index (χ3n) is 4.88. The van der Waals surface area contributed by atoms with Crippen LogP contribution in [0.3, 0.4) is 0 Å². The Bertz CT molecular complexity index is 988. The van der Waals surface area contributed by atoms with Crippen molar-refractivity contribution in [3.8, 4) is 0 Å². The van der Waals surface area contributed by atoms with E-state index in [1.807, 2.05) is 26.8 Å². The van der Waals surface area contributed by atoms with Gasteiger partial charge in [-0.1, -0.05) is 18.2 Å². The zero-order valence-corrected chi connectivity index (χ0v) is 18.8. The van der Waals surface area contributed by atoms with Gasteiger partial charge < -0.3 is 20.3 Å². The summed E-state index contributed by atoms with van der Waals surface area (Å²) in [6, 6.07) is 8.56. The Hall–Kier alpha value is -3.49. The molecule has 1 aliphatic rings. The minimum atomic E-state index is -0.572. The van der Waals surface area contributed by atoms with Gasteiger partial charge in [0.1, 0.15) is 29.1 Å². The highest BCUT2D eigenvalue weighted by atomic mass is 16.6. The number of likely N-dealkylation sites (tertiary alicyclic amines) is 1. The summed E-state index contributed by atoms with van der Waals surface area (Å²) in [5.74, 6) is -0.182. The minimum absolute atomic E-state index is 0.123. The van der Waals surface area contributed by atoms with Gasteiger partial charge in [0, 0.05) is 24.7 Å². The zero-order valence-electron chi connectivity index (χ0n) is 18.8. The number of hydrogen-bond acceptors (Lipinski definition) is 7. The van der Waals surface area contributed by atoms with Crippen molar-refractivity contribution >= 4 is 29.4 Å². The van der Waals surface area contributed by atoms with Crippen molar-refractivity contribution in [3.05, 3.63) is 47.8 Å². The molecular weight excluding hydrogens is 410 g/mol. The summed E-state index contributed by atoms with van der Waals surface area (Å²) in [7, 11) is 0. The Labute approximate surface area is 187 Å². The molecule has 9 heteroatoms. The summed E-state index contributed by atoms with van der Waals surface area (Å²) in [4.78, 5) is 47.4. The van der Waals surface area contributed by atoms with Gasteiger partial charge in [-0.3, -0.25) is 9.59 Å². The van der Waals surface area contributed by atoms with Gasteiger partial charge in [0.15, 0.2) is 5.78 Å². The number of anilines is 2. The van der Waals surface area contributed by atoms with Crippen molar-refractivity contribution in [2.24, 2.45) is 0 Å². The number of piperidine rings is 1. The fourth-order valence-electron chi connectivity index (χ4n) is 3.47. The Kier molecular flexibility index (Phi) is 7.07. The smallest absolute Gasteiger partial charge is 0.410 e. The molecule has 1 atom stereocenters. The van der Waals surface area contributed by atoms with E-state index in [1.165, 1.54) is 13.3 Å². The van der Waals surface area contributed by atoms with Crippen LogP contribution in [0.4, 0.5) is 16.4 Å². The predicted molar refractivity (Wildman–Crippen MR) is 121 cm³/mol. The molecule has 0 radical (unpaired) electrons. The number of hydrogen-bond donors (Lipinski definition) is 2. The van der Waals surface area contributed by atoms with Crippen LogP contribution in [0.1, 0.15) is 61.3 Å². The van der Waals surface area contributed by atoms with Crippen LogP contribution in [0.15, 0.2) is 36.7 Å². The van der Waals surface area contributed by atoms with E-state index in [0.29, 0.717) is 24.5 Å². The van der Waals surface area contributed by atoms with E-state index in [-0.39, 0.29) is 35.2 Å². The summed E-state index contributed by atoms with van der Waals surface area (Å²) in [6.07, 6.45) is 2.51. The molecule has 0 saturated carbocycles. The summed E-state index contributed by atoms with van der Waals surface area (Å²) in [6.45, 7) is 7.91. The molecular formula is C23H29N5O4. The molecule has 2 aromatic rings. The fraction of sp³-hybridized carbons (Fsp3) is 0.435. The van der Waals surface area contributed by atoms with Gasteiger partial charge in [-0.05, 0) is 52.7 Å². The van der Waals surface area contributed by atoms with Gasteiger partial charge in [0.2, 0.25) is 0 Å². The maximum absolute atomic E-state index is 12.6. The van der Waals surface area contributed by atoms with Crippen LogP contribution in [-0.2, 0) is 4.74 Å². The lowest BCUT2D eigenvalue weighted by Gasteiger charge is -2.34. The van der Waals surface area contributed by atoms with E-state index in [0.717, 1.165) is 12.8 Å². The van der Waals surface area contributed by atoms with E-state index >= 15 is 0 Å². The summed E-state index contributed by atoms with van der Waals surface area (Å²) in [5, 5.41) is 5.96. The average molecular weight is 440 g/mol. The number of carbonyl (C=O) groups is 3. The third-order valence-corrected chi connectivity index (χ3v) is 4.88. The van der Waals surface area contributed by atoms with Gasteiger partial charge in [0.05, 0.1) is 0 Å². The maximum Gasteiger partial charge on any atom is 0.410 e. The number of nitrogens with one attached hydrogen (secondary N) is 2. The number of carbonyl (C=O) groups excluding carboxylic acids is 3. The van der Waals surface area contributed by atoms with Gasteiger partial charge in [-0.2, -0.15) is 0 Å². The van der Waals surface area contributed by atoms with Gasteiger partial charge in [0.25, 0.3) is 5.91 Å². The van der Waals surface area contributed by atoms with Crippen LogP contribution in [0.5, 0.6) is 0 Å². The first-order chi connectivity index (χ1) is 15.1. The first-order valence-electron chi connectivity index (χ1n) is 10.6. The Morgan fingerprint density at radius 1 is 1.09 bits per heavy atom. The number of nitrogens with zero attached hydrogens (tertiary/aromatic N) is 3. The van der Waals surface area contributed by atoms with Gasteiger partial charge in [-0.25, -0.2) is 14.8 Å². The van der Waals surface area contributed by atoms with Crippen molar-refractivity contribution in [3.63, 3.8) is 0 Å². The lowest BCUT2D eigenvalue weighted by Crippen LogP contribution is -2.47. The Balaban J connectivity index is 1.76. The molecule has 2 heterocycles. The van der Waals surface area contributed by atoms with Crippen molar-refractivity contribution in [2.75, 3.05) is 23.7 Å². The van der Waals surface area contributed by atoms with E-state index in [1.54, 1.807) is 29.2 Å². The van der Waals surface area contributed by atoms with Crippen molar-refractivity contribution < 1.29 is 19.1 Å². The van der Waals surface area contributed by atoms with Crippen molar-refractivity contribution in [1.82, 2.24) is 14.9 Å². The number of rotatable bonds is 5. The number of aromatic nitrogens is 2. The highest BCUT2D eigenvalue weighted by molar-refractivity contribution is 6.10. The summed E-state index contributed by atoms with van der Waals surface area (Å²) >= 11 is 0. The SMILES string of the molecule is CC(=O)c1c(NC(=O)c2ccccc2)ncnc1NC1CCCN(C(=O)OC(C)(C)C)C1. The van der Waals surface area contributed by atoms with Crippen molar-refractivity contribution in [2.45, 2.75) is 52.2 Å². The second-order valence-corrected chi connectivity index (χ2v) is 8.73. The summed E-state index contributed by atoms with van der Waals surface area (Å²) in [5.41, 5.74) is 0.0826. The second-order valence-electron chi connectivity index (χ2n) is 8.73. The molecule has 1 saturated heterocycles. The first kappa shape index (κ1) is 23.2. The second kappa shape index (κ2) is 9.76. The number of amides is 2. The van der Waals surface area contributed by atoms with Crippen molar-refractivity contribution in [1.29, 1.82) is 0 Å². The maximum atomic E-state index is 12.6.